The van der Waals surface area contributed by atoms with Crippen molar-refractivity contribution in [3.63, 3.8) is 0 Å². The van der Waals surface area contributed by atoms with Gasteiger partial charge in [-0.15, -0.1) is 0 Å². The quantitative estimate of drug-likeness (QED) is 0.0261. The summed E-state index contributed by atoms with van der Waals surface area (Å²) in [4.78, 5) is 38.2. The molecule has 0 aromatic heterocycles. The number of carbonyl (C=O) groups excluding carboxylic acids is 3. The molecule has 404 valence electrons. The molecule has 0 aromatic carbocycles. The van der Waals surface area contributed by atoms with Crippen LogP contribution in [-0.4, -0.2) is 37.2 Å². The van der Waals surface area contributed by atoms with Crippen LogP contribution in [0.1, 0.15) is 329 Å². The molecule has 0 rings (SSSR count). The molecule has 0 heterocycles. The van der Waals surface area contributed by atoms with E-state index in [0.29, 0.717) is 19.3 Å². The van der Waals surface area contributed by atoms with Crippen molar-refractivity contribution >= 4 is 17.9 Å². The molecular weight excluding hydrogens is 853 g/mol. The molecule has 0 spiro atoms. The van der Waals surface area contributed by atoms with Crippen LogP contribution in [0.4, 0.5) is 0 Å². The van der Waals surface area contributed by atoms with Crippen LogP contribution < -0.4 is 0 Å². The minimum atomic E-state index is -0.776. The van der Waals surface area contributed by atoms with E-state index in [4.69, 9.17) is 14.2 Å². The van der Waals surface area contributed by atoms with E-state index < -0.39 is 6.10 Å². The van der Waals surface area contributed by atoms with Crippen LogP contribution in [0.5, 0.6) is 0 Å². The normalized spacial score (nSPS) is 12.2. The van der Waals surface area contributed by atoms with E-state index in [1.165, 1.54) is 212 Å². The van der Waals surface area contributed by atoms with Gasteiger partial charge in [0.1, 0.15) is 13.2 Å². The van der Waals surface area contributed by atoms with Gasteiger partial charge in [0.2, 0.25) is 0 Å². The second-order valence-electron chi connectivity index (χ2n) is 20.6. The third-order valence-electron chi connectivity index (χ3n) is 13.6. The number of unbranched alkanes of at least 4 members (excludes halogenated alkanes) is 39. The molecule has 6 nitrogen and oxygen atoms in total. The summed E-state index contributed by atoms with van der Waals surface area (Å²) >= 11 is 0. The van der Waals surface area contributed by atoms with Gasteiger partial charge in [0.05, 0.1) is 0 Å². The molecule has 0 aliphatic heterocycles. The third-order valence-corrected chi connectivity index (χ3v) is 13.6. The Labute approximate surface area is 429 Å². The highest BCUT2D eigenvalue weighted by atomic mass is 16.6. The van der Waals surface area contributed by atoms with E-state index in [-0.39, 0.29) is 31.1 Å². The molecule has 0 saturated carbocycles. The van der Waals surface area contributed by atoms with Crippen molar-refractivity contribution in [1.29, 1.82) is 0 Å². The average molecular weight is 970 g/mol. The number of hydrogen-bond acceptors (Lipinski definition) is 6. The fourth-order valence-corrected chi connectivity index (χ4v) is 9.00. The molecule has 0 N–H and O–H groups in total. The minimum absolute atomic E-state index is 0.0752. The van der Waals surface area contributed by atoms with Gasteiger partial charge in [-0.05, 0) is 77.0 Å². The summed E-state index contributed by atoms with van der Waals surface area (Å²) in [7, 11) is 0. The summed E-state index contributed by atoms with van der Waals surface area (Å²) in [5.41, 5.74) is 0. The first kappa shape index (κ1) is 66.6. The van der Waals surface area contributed by atoms with E-state index in [1.54, 1.807) is 0 Å². The molecule has 0 aromatic rings. The van der Waals surface area contributed by atoms with Crippen molar-refractivity contribution < 1.29 is 28.6 Å². The molecule has 0 aliphatic carbocycles. The highest BCUT2D eigenvalue weighted by Gasteiger charge is 2.19. The van der Waals surface area contributed by atoms with Crippen molar-refractivity contribution in [3.05, 3.63) is 36.5 Å². The number of rotatable bonds is 56. The van der Waals surface area contributed by atoms with Crippen LogP contribution in [-0.2, 0) is 28.6 Å². The number of hydrogen-bond donors (Lipinski definition) is 0. The Kier molecular flexibility index (Phi) is 56.2. The minimum Gasteiger partial charge on any atom is -0.462 e. The van der Waals surface area contributed by atoms with Crippen LogP contribution in [0.15, 0.2) is 36.5 Å². The first-order valence-electron chi connectivity index (χ1n) is 30.5. The SMILES string of the molecule is CCCCCC/C=C\C/C=C\CCCCCCCCCC(=O)OCC(COC(=O)CCCCCCC/C=C\CCCCCCCCC)OC(=O)CCCCCCCCCCCCCCCCCCC. The van der Waals surface area contributed by atoms with Crippen LogP contribution in [0.3, 0.4) is 0 Å². The maximum absolute atomic E-state index is 12.9. The number of carbonyl (C=O) groups is 3. The van der Waals surface area contributed by atoms with Gasteiger partial charge in [-0.2, -0.15) is 0 Å². The van der Waals surface area contributed by atoms with Crippen LogP contribution in [0.2, 0.25) is 0 Å². The third kappa shape index (κ3) is 56.4. The van der Waals surface area contributed by atoms with Crippen LogP contribution in [0.25, 0.3) is 0 Å². The molecule has 0 radical (unpaired) electrons. The second kappa shape index (κ2) is 58.2. The zero-order valence-corrected chi connectivity index (χ0v) is 46.3. The van der Waals surface area contributed by atoms with E-state index in [9.17, 15) is 14.4 Å². The zero-order valence-electron chi connectivity index (χ0n) is 46.3. The van der Waals surface area contributed by atoms with Gasteiger partial charge in [0, 0.05) is 19.3 Å². The van der Waals surface area contributed by atoms with E-state index >= 15 is 0 Å². The largest absolute Gasteiger partial charge is 0.462 e. The Morgan fingerprint density at radius 1 is 0.290 bits per heavy atom. The summed E-state index contributed by atoms with van der Waals surface area (Å²) in [6.07, 6.45) is 69.9. The van der Waals surface area contributed by atoms with Gasteiger partial charge in [-0.1, -0.05) is 269 Å². The van der Waals surface area contributed by atoms with E-state index in [2.05, 4.69) is 57.2 Å². The van der Waals surface area contributed by atoms with Gasteiger partial charge in [-0.3, -0.25) is 14.4 Å². The highest BCUT2D eigenvalue weighted by molar-refractivity contribution is 5.71. The maximum atomic E-state index is 12.9. The maximum Gasteiger partial charge on any atom is 0.306 e. The topological polar surface area (TPSA) is 78.9 Å². The molecule has 1 atom stereocenters. The van der Waals surface area contributed by atoms with Crippen molar-refractivity contribution in [2.24, 2.45) is 0 Å². The van der Waals surface area contributed by atoms with Gasteiger partial charge in [-0.25, -0.2) is 0 Å². The fourth-order valence-electron chi connectivity index (χ4n) is 9.00. The molecule has 0 amide bonds. The summed E-state index contributed by atoms with van der Waals surface area (Å²) in [5, 5.41) is 0. The molecule has 0 aliphatic rings. The Morgan fingerprint density at radius 3 is 0.826 bits per heavy atom. The molecule has 1 unspecified atom stereocenters. The predicted octanol–water partition coefficient (Wildman–Crippen LogP) is 20.4. The molecule has 0 fully saturated rings. The molecule has 0 saturated heterocycles. The smallest absolute Gasteiger partial charge is 0.306 e. The first-order valence-corrected chi connectivity index (χ1v) is 30.5. The monoisotopic (exact) mass is 969 g/mol. The van der Waals surface area contributed by atoms with Crippen molar-refractivity contribution in [2.75, 3.05) is 13.2 Å². The molecular formula is C63H116O6. The lowest BCUT2D eigenvalue weighted by molar-refractivity contribution is -0.167. The van der Waals surface area contributed by atoms with Crippen LogP contribution >= 0.6 is 0 Å². The number of ether oxygens (including phenoxy) is 3. The van der Waals surface area contributed by atoms with Gasteiger partial charge < -0.3 is 14.2 Å². The summed E-state index contributed by atoms with van der Waals surface area (Å²) in [6.45, 7) is 6.66. The Bertz CT molecular complexity index is 1160. The van der Waals surface area contributed by atoms with Crippen molar-refractivity contribution in [3.8, 4) is 0 Å². The van der Waals surface area contributed by atoms with E-state index in [1.807, 2.05) is 0 Å². The Balaban J connectivity index is 4.36. The standard InChI is InChI=1S/C63H116O6/c1-4-7-10-13-16-19-22-25-28-31-33-35-38-41-44-47-50-53-56-62(65)68-59-60(58-67-61(64)55-52-49-46-43-40-37-34-30-27-24-21-18-15-12-9-6-3)69-63(66)57-54-51-48-45-42-39-36-32-29-26-23-20-17-14-11-8-5-2/h19,22,28,30-31,34,60H,4-18,20-21,23-27,29,32-33,35-59H2,1-3H3/b22-19-,31-28-,34-30-. The lowest BCUT2D eigenvalue weighted by Crippen LogP contribution is -2.30. The fraction of sp³-hybridized carbons (Fsp3) is 0.857. The van der Waals surface area contributed by atoms with Gasteiger partial charge in [0.25, 0.3) is 0 Å². The number of allylic oxidation sites excluding steroid dienone is 6. The summed E-state index contributed by atoms with van der Waals surface area (Å²) < 4.78 is 16.9. The Morgan fingerprint density at radius 2 is 0.522 bits per heavy atom. The lowest BCUT2D eigenvalue weighted by atomic mass is 10.0. The van der Waals surface area contributed by atoms with Crippen molar-refractivity contribution in [1.82, 2.24) is 0 Å². The molecule has 69 heavy (non-hydrogen) atoms. The van der Waals surface area contributed by atoms with Gasteiger partial charge >= 0.3 is 17.9 Å². The first-order chi connectivity index (χ1) is 34.0. The summed E-state index contributed by atoms with van der Waals surface area (Å²) in [5.74, 6) is -0.869. The van der Waals surface area contributed by atoms with Gasteiger partial charge in [0.15, 0.2) is 6.10 Å². The van der Waals surface area contributed by atoms with Crippen LogP contribution in [0, 0.1) is 0 Å². The van der Waals surface area contributed by atoms with Crippen molar-refractivity contribution in [2.45, 2.75) is 335 Å². The predicted molar refractivity (Wildman–Crippen MR) is 298 cm³/mol. The Hall–Kier alpha value is -2.37. The second-order valence-corrected chi connectivity index (χ2v) is 20.6. The number of esters is 3. The molecule has 6 heteroatoms. The van der Waals surface area contributed by atoms with E-state index in [0.717, 1.165) is 77.0 Å². The molecule has 0 bridgehead atoms. The lowest BCUT2D eigenvalue weighted by Gasteiger charge is -2.18. The highest BCUT2D eigenvalue weighted by Crippen LogP contribution is 2.17. The zero-order chi connectivity index (χ0) is 50.0. The average Bonchev–Trinajstić information content (AvgIpc) is 3.35. The summed E-state index contributed by atoms with van der Waals surface area (Å²) in [6, 6.07) is 0.